The zero-order valence-corrected chi connectivity index (χ0v) is 7.09. The molecule has 0 saturated heterocycles. The molecule has 1 N–H and O–H groups in total. The first-order valence-corrected chi connectivity index (χ1v) is 3.38. The number of hydrogen-bond donors (Lipinski definition) is 1. The molecule has 0 bridgehead atoms. The highest BCUT2D eigenvalue weighted by atomic mass is 16.3. The van der Waals surface area contributed by atoms with Crippen LogP contribution in [0.1, 0.15) is 13.3 Å². The molecule has 0 aliphatic carbocycles. The molecular weight excluding hydrogens is 142 g/mol. The molecule has 0 aromatic rings. The van der Waals surface area contributed by atoms with Crippen molar-refractivity contribution in [3.05, 3.63) is 0 Å². The summed E-state index contributed by atoms with van der Waals surface area (Å²) < 4.78 is 0. The minimum atomic E-state index is -0.824. The lowest BCUT2D eigenvalue weighted by molar-refractivity contribution is -0.130. The predicted molar refractivity (Wildman–Crippen MR) is 42.8 cm³/mol. The number of aliphatic hydroxyl groups is 1. The molecule has 1 atom stereocenters. The average Bonchev–Trinajstić information content (AvgIpc) is 1.87. The molecular formula is C8H13NO2. The normalized spacial score (nSPS) is 11.3. The number of amides is 1. The van der Waals surface area contributed by atoms with Gasteiger partial charge in [-0.25, -0.2) is 0 Å². The highest BCUT2D eigenvalue weighted by Gasteiger charge is 2.08. The van der Waals surface area contributed by atoms with E-state index in [1.54, 1.807) is 21.0 Å². The second kappa shape index (κ2) is 4.75. The third kappa shape index (κ3) is 4.40. The van der Waals surface area contributed by atoms with E-state index in [9.17, 15) is 4.79 Å². The summed E-state index contributed by atoms with van der Waals surface area (Å²) in [7, 11) is 3.29. The molecule has 0 aromatic heterocycles. The maximum absolute atomic E-state index is 10.9. The fourth-order valence-electron chi connectivity index (χ4n) is 0.566. The van der Waals surface area contributed by atoms with Gasteiger partial charge in [0, 0.05) is 14.1 Å². The first-order valence-electron chi connectivity index (χ1n) is 3.38. The third-order valence-electron chi connectivity index (χ3n) is 1.18. The Hall–Kier alpha value is -1.01. The first-order chi connectivity index (χ1) is 5.07. The summed E-state index contributed by atoms with van der Waals surface area (Å²) in [5.41, 5.74) is 0. The number of hydrogen-bond acceptors (Lipinski definition) is 2. The Morgan fingerprint density at radius 3 is 2.55 bits per heavy atom. The van der Waals surface area contributed by atoms with E-state index in [1.807, 2.05) is 0 Å². The van der Waals surface area contributed by atoms with Gasteiger partial charge in [0.15, 0.2) is 0 Å². The molecule has 0 heterocycles. The zero-order chi connectivity index (χ0) is 8.85. The highest BCUT2D eigenvalue weighted by Crippen LogP contribution is 1.92. The van der Waals surface area contributed by atoms with E-state index in [0.29, 0.717) is 0 Å². The van der Waals surface area contributed by atoms with Gasteiger partial charge in [-0.1, -0.05) is 5.92 Å². The van der Waals surface area contributed by atoms with E-state index < -0.39 is 6.10 Å². The summed E-state index contributed by atoms with van der Waals surface area (Å²) in [6.45, 7) is 1.63. The fourth-order valence-corrected chi connectivity index (χ4v) is 0.566. The van der Waals surface area contributed by atoms with Gasteiger partial charge >= 0.3 is 0 Å². The number of aliphatic hydroxyl groups excluding tert-OH is 1. The molecule has 3 heteroatoms. The molecule has 0 rings (SSSR count). The molecule has 62 valence electrons. The topological polar surface area (TPSA) is 40.5 Å². The minimum absolute atomic E-state index is 0.0772. The Balaban J connectivity index is 3.82. The Labute approximate surface area is 67.0 Å². The van der Waals surface area contributed by atoms with Crippen molar-refractivity contribution in [1.29, 1.82) is 0 Å². The Morgan fingerprint density at radius 1 is 1.64 bits per heavy atom. The maximum atomic E-state index is 10.9. The van der Waals surface area contributed by atoms with E-state index >= 15 is 0 Å². The number of carbonyl (C=O) groups excluding carboxylic acids is 1. The molecule has 0 spiro atoms. The van der Waals surface area contributed by atoms with Crippen molar-refractivity contribution in [2.24, 2.45) is 0 Å². The van der Waals surface area contributed by atoms with E-state index in [2.05, 4.69) is 11.8 Å². The van der Waals surface area contributed by atoms with Crippen LogP contribution >= 0.6 is 0 Å². The third-order valence-corrected chi connectivity index (χ3v) is 1.18. The summed E-state index contributed by atoms with van der Waals surface area (Å²) in [6, 6.07) is 0. The molecule has 0 aliphatic rings. The van der Waals surface area contributed by atoms with Crippen LogP contribution in [0, 0.1) is 11.8 Å². The van der Waals surface area contributed by atoms with Crippen LogP contribution in [0.5, 0.6) is 0 Å². The van der Waals surface area contributed by atoms with Gasteiger partial charge in [-0.2, -0.15) is 0 Å². The van der Waals surface area contributed by atoms with Crippen LogP contribution in [0.25, 0.3) is 0 Å². The molecule has 0 fully saturated rings. The Morgan fingerprint density at radius 2 is 2.18 bits per heavy atom. The van der Waals surface area contributed by atoms with Gasteiger partial charge in [0.1, 0.15) is 6.10 Å². The largest absolute Gasteiger partial charge is 0.380 e. The van der Waals surface area contributed by atoms with E-state index in [1.165, 1.54) is 4.90 Å². The van der Waals surface area contributed by atoms with E-state index in [-0.39, 0.29) is 12.3 Å². The van der Waals surface area contributed by atoms with Gasteiger partial charge in [0.2, 0.25) is 5.91 Å². The van der Waals surface area contributed by atoms with Crippen LogP contribution in [-0.2, 0) is 4.79 Å². The fraction of sp³-hybridized carbons (Fsp3) is 0.625. The number of carbonyl (C=O) groups is 1. The number of nitrogens with zero attached hydrogens (tertiary/aromatic N) is 1. The quantitative estimate of drug-likeness (QED) is 0.563. The van der Waals surface area contributed by atoms with Crippen LogP contribution in [0.4, 0.5) is 0 Å². The van der Waals surface area contributed by atoms with Crippen molar-refractivity contribution in [2.45, 2.75) is 19.4 Å². The summed E-state index contributed by atoms with van der Waals surface area (Å²) >= 11 is 0. The first kappa shape index (κ1) is 9.99. The van der Waals surface area contributed by atoms with Crippen molar-refractivity contribution in [3.8, 4) is 11.8 Å². The van der Waals surface area contributed by atoms with Crippen molar-refractivity contribution >= 4 is 5.91 Å². The smallest absolute Gasteiger partial charge is 0.225 e. The Bertz CT molecular complexity index is 188. The van der Waals surface area contributed by atoms with Crippen LogP contribution in [0.2, 0.25) is 0 Å². The van der Waals surface area contributed by atoms with E-state index in [0.717, 1.165) is 0 Å². The summed E-state index contributed by atoms with van der Waals surface area (Å²) in [5.74, 6) is 4.92. The number of rotatable bonds is 2. The van der Waals surface area contributed by atoms with Gasteiger partial charge in [-0.3, -0.25) is 4.79 Å². The molecule has 3 nitrogen and oxygen atoms in total. The van der Waals surface area contributed by atoms with Crippen LogP contribution < -0.4 is 0 Å². The molecule has 0 unspecified atom stereocenters. The minimum Gasteiger partial charge on any atom is -0.380 e. The standard InChI is InChI=1S/C8H13NO2/c1-4-5-7(10)6-8(11)9(2)3/h7,10H,6H2,1-3H3/t7-/m0/s1. The SMILES string of the molecule is CC#C[C@H](O)CC(=O)N(C)C. The molecule has 0 radical (unpaired) electrons. The zero-order valence-electron chi connectivity index (χ0n) is 7.09. The summed E-state index contributed by atoms with van der Waals surface area (Å²) in [6.07, 6.45) is -0.747. The van der Waals surface area contributed by atoms with Crippen molar-refractivity contribution in [3.63, 3.8) is 0 Å². The van der Waals surface area contributed by atoms with Gasteiger partial charge in [0.25, 0.3) is 0 Å². The lowest BCUT2D eigenvalue weighted by Crippen LogP contribution is -2.25. The van der Waals surface area contributed by atoms with E-state index in [4.69, 9.17) is 5.11 Å². The van der Waals surface area contributed by atoms with Crippen LogP contribution in [0.15, 0.2) is 0 Å². The van der Waals surface area contributed by atoms with Crippen LogP contribution in [0.3, 0.4) is 0 Å². The predicted octanol–water partition coefficient (Wildman–Crippen LogP) is -0.151. The highest BCUT2D eigenvalue weighted by molar-refractivity contribution is 5.76. The second-order valence-electron chi connectivity index (χ2n) is 2.40. The van der Waals surface area contributed by atoms with Crippen LogP contribution in [-0.4, -0.2) is 36.1 Å². The lowest BCUT2D eigenvalue weighted by atomic mass is 10.2. The molecule has 0 saturated carbocycles. The summed E-state index contributed by atoms with van der Waals surface area (Å²) in [4.78, 5) is 12.4. The Kier molecular flexibility index (Phi) is 4.32. The molecule has 0 aromatic carbocycles. The van der Waals surface area contributed by atoms with Crippen molar-refractivity contribution in [2.75, 3.05) is 14.1 Å². The maximum Gasteiger partial charge on any atom is 0.225 e. The second-order valence-corrected chi connectivity index (χ2v) is 2.40. The molecule has 0 aliphatic heterocycles. The summed E-state index contributed by atoms with van der Waals surface area (Å²) in [5, 5.41) is 9.05. The average molecular weight is 155 g/mol. The molecule has 11 heavy (non-hydrogen) atoms. The lowest BCUT2D eigenvalue weighted by Gasteiger charge is -2.10. The monoisotopic (exact) mass is 155 g/mol. The van der Waals surface area contributed by atoms with Crippen molar-refractivity contribution < 1.29 is 9.90 Å². The van der Waals surface area contributed by atoms with Gasteiger partial charge in [0.05, 0.1) is 6.42 Å². The molecule has 1 amide bonds. The van der Waals surface area contributed by atoms with Crippen molar-refractivity contribution in [1.82, 2.24) is 4.90 Å². The van der Waals surface area contributed by atoms with Gasteiger partial charge in [-0.05, 0) is 6.92 Å². The van der Waals surface area contributed by atoms with Gasteiger partial charge in [-0.15, -0.1) is 5.92 Å². The van der Waals surface area contributed by atoms with Gasteiger partial charge < -0.3 is 10.0 Å².